The zero-order chi connectivity index (χ0) is 22.3. The number of rotatable bonds is 7. The highest BCUT2D eigenvalue weighted by Gasteiger charge is 2.08. The molecular formula is C26H19Cl2N3O. The van der Waals surface area contributed by atoms with Gasteiger partial charge in [-0.1, -0.05) is 71.7 Å². The van der Waals surface area contributed by atoms with Crippen molar-refractivity contribution in [2.24, 2.45) is 5.10 Å². The molecule has 0 bridgehead atoms. The van der Waals surface area contributed by atoms with Crippen LogP contribution in [0, 0.1) is 11.3 Å². The SMILES string of the molecule is N#Cc1ccc(COc2ccc3ccccc3c2/C=N\NCc2c(Cl)cccc2Cl)cc1. The standard InChI is InChI=1S/C26H19Cl2N3O/c27-24-6-3-7-25(28)23(24)16-31-30-15-22-21-5-2-1-4-20(21)12-13-26(22)32-17-19-10-8-18(14-29)9-11-19/h1-13,15,31H,16-17H2/b30-15-. The fourth-order valence-electron chi connectivity index (χ4n) is 3.31. The molecule has 4 aromatic carbocycles. The Morgan fingerprint density at radius 3 is 2.41 bits per heavy atom. The van der Waals surface area contributed by atoms with Crippen molar-refractivity contribution in [3.8, 4) is 11.8 Å². The van der Waals surface area contributed by atoms with Crippen LogP contribution in [0.5, 0.6) is 5.75 Å². The van der Waals surface area contributed by atoms with Crippen molar-refractivity contribution in [2.45, 2.75) is 13.2 Å². The van der Waals surface area contributed by atoms with Crippen molar-refractivity contribution in [2.75, 3.05) is 0 Å². The van der Waals surface area contributed by atoms with Gasteiger partial charge in [-0.05, 0) is 46.7 Å². The summed E-state index contributed by atoms with van der Waals surface area (Å²) >= 11 is 12.5. The van der Waals surface area contributed by atoms with Crippen LogP contribution >= 0.6 is 23.2 Å². The third-order valence-electron chi connectivity index (χ3n) is 5.01. The highest BCUT2D eigenvalue weighted by molar-refractivity contribution is 6.35. The number of benzene rings is 4. The van der Waals surface area contributed by atoms with Crippen LogP contribution in [0.1, 0.15) is 22.3 Å². The van der Waals surface area contributed by atoms with Gasteiger partial charge in [0.05, 0.1) is 24.4 Å². The summed E-state index contributed by atoms with van der Waals surface area (Å²) in [7, 11) is 0. The first-order chi connectivity index (χ1) is 15.7. The van der Waals surface area contributed by atoms with E-state index in [0.29, 0.717) is 28.8 Å². The average molecular weight is 460 g/mol. The molecule has 4 rings (SSSR count). The van der Waals surface area contributed by atoms with Gasteiger partial charge in [0, 0.05) is 21.2 Å². The van der Waals surface area contributed by atoms with Gasteiger partial charge in [0.25, 0.3) is 0 Å². The lowest BCUT2D eigenvalue weighted by molar-refractivity contribution is 0.306. The molecule has 0 saturated heterocycles. The molecule has 6 heteroatoms. The van der Waals surface area contributed by atoms with E-state index in [0.717, 1.165) is 33.2 Å². The van der Waals surface area contributed by atoms with Crippen molar-refractivity contribution < 1.29 is 4.74 Å². The molecule has 0 unspecified atom stereocenters. The Morgan fingerprint density at radius 1 is 0.906 bits per heavy atom. The fraction of sp³-hybridized carbons (Fsp3) is 0.0769. The molecular weight excluding hydrogens is 441 g/mol. The van der Waals surface area contributed by atoms with Gasteiger partial charge in [0.1, 0.15) is 12.4 Å². The van der Waals surface area contributed by atoms with Gasteiger partial charge in [-0.15, -0.1) is 0 Å². The summed E-state index contributed by atoms with van der Waals surface area (Å²) in [6.07, 6.45) is 1.75. The first kappa shape index (κ1) is 21.7. The molecule has 0 amide bonds. The Hall–Kier alpha value is -3.52. The van der Waals surface area contributed by atoms with Crippen molar-refractivity contribution in [1.82, 2.24) is 5.43 Å². The number of hydrazone groups is 1. The van der Waals surface area contributed by atoms with Gasteiger partial charge in [0.2, 0.25) is 0 Å². The molecule has 4 nitrogen and oxygen atoms in total. The zero-order valence-electron chi connectivity index (χ0n) is 17.1. The van der Waals surface area contributed by atoms with Crippen LogP contribution in [-0.4, -0.2) is 6.21 Å². The second-order valence-electron chi connectivity index (χ2n) is 7.09. The van der Waals surface area contributed by atoms with Crippen LogP contribution in [0.4, 0.5) is 0 Å². The molecule has 0 aliphatic heterocycles. The monoisotopic (exact) mass is 459 g/mol. The number of nitrogens with one attached hydrogen (secondary N) is 1. The van der Waals surface area contributed by atoms with Crippen molar-refractivity contribution >= 4 is 40.2 Å². The first-order valence-electron chi connectivity index (χ1n) is 9.98. The van der Waals surface area contributed by atoms with Crippen LogP contribution in [0.15, 0.2) is 84.0 Å². The summed E-state index contributed by atoms with van der Waals surface area (Å²) in [6, 6.07) is 26.9. The quantitative estimate of drug-likeness (QED) is 0.246. The first-order valence-corrected chi connectivity index (χ1v) is 10.7. The van der Waals surface area contributed by atoms with Crippen LogP contribution in [0.3, 0.4) is 0 Å². The van der Waals surface area contributed by atoms with Gasteiger partial charge in [-0.3, -0.25) is 0 Å². The largest absolute Gasteiger partial charge is 0.488 e. The fourth-order valence-corrected chi connectivity index (χ4v) is 3.84. The number of hydrogen-bond acceptors (Lipinski definition) is 4. The van der Waals surface area contributed by atoms with Gasteiger partial charge in [-0.2, -0.15) is 10.4 Å². The predicted molar refractivity (Wildman–Crippen MR) is 130 cm³/mol. The Morgan fingerprint density at radius 2 is 1.66 bits per heavy atom. The Balaban J connectivity index is 1.55. The van der Waals surface area contributed by atoms with Crippen LogP contribution in [0.2, 0.25) is 10.0 Å². The molecule has 0 heterocycles. The molecule has 32 heavy (non-hydrogen) atoms. The summed E-state index contributed by atoms with van der Waals surface area (Å²) in [5, 5.41) is 16.7. The molecule has 0 aliphatic carbocycles. The number of halogens is 2. The minimum Gasteiger partial charge on any atom is -0.488 e. The number of fused-ring (bicyclic) bond motifs is 1. The van der Waals surface area contributed by atoms with Gasteiger partial charge in [0.15, 0.2) is 0 Å². The van der Waals surface area contributed by atoms with Crippen LogP contribution in [-0.2, 0) is 13.2 Å². The molecule has 0 fully saturated rings. The predicted octanol–water partition coefficient (Wildman–Crippen LogP) is 6.72. The maximum absolute atomic E-state index is 8.96. The Bertz CT molecular complexity index is 1290. The van der Waals surface area contributed by atoms with E-state index >= 15 is 0 Å². The number of nitriles is 1. The molecule has 0 atom stereocenters. The van der Waals surface area contributed by atoms with Crippen LogP contribution in [0.25, 0.3) is 10.8 Å². The van der Waals surface area contributed by atoms with E-state index in [9.17, 15) is 0 Å². The second kappa shape index (κ2) is 10.2. The highest BCUT2D eigenvalue weighted by atomic mass is 35.5. The van der Waals surface area contributed by atoms with Crippen molar-refractivity contribution in [3.05, 3.63) is 111 Å². The van der Waals surface area contributed by atoms with E-state index in [4.69, 9.17) is 33.2 Å². The third-order valence-corrected chi connectivity index (χ3v) is 5.72. The lowest BCUT2D eigenvalue weighted by atomic mass is 10.0. The van der Waals surface area contributed by atoms with Crippen LogP contribution < -0.4 is 10.2 Å². The number of nitrogens with zero attached hydrogens (tertiary/aromatic N) is 2. The second-order valence-corrected chi connectivity index (χ2v) is 7.90. The lowest BCUT2D eigenvalue weighted by Crippen LogP contribution is -2.07. The molecule has 0 saturated carbocycles. The molecule has 0 spiro atoms. The minimum atomic E-state index is 0.382. The summed E-state index contributed by atoms with van der Waals surface area (Å²) < 4.78 is 6.11. The minimum absolute atomic E-state index is 0.382. The molecule has 0 aliphatic rings. The normalized spacial score (nSPS) is 10.9. The van der Waals surface area contributed by atoms with Gasteiger partial charge >= 0.3 is 0 Å². The maximum Gasteiger partial charge on any atom is 0.129 e. The molecule has 1 N–H and O–H groups in total. The molecule has 0 radical (unpaired) electrons. The van der Waals surface area contributed by atoms with E-state index in [-0.39, 0.29) is 0 Å². The summed E-state index contributed by atoms with van der Waals surface area (Å²) in [5.41, 5.74) is 6.29. The van der Waals surface area contributed by atoms with E-state index in [1.54, 1.807) is 30.5 Å². The molecule has 0 aromatic heterocycles. The Kier molecular flexibility index (Phi) is 6.91. The van der Waals surface area contributed by atoms with E-state index in [1.807, 2.05) is 54.6 Å². The van der Waals surface area contributed by atoms with E-state index < -0.39 is 0 Å². The van der Waals surface area contributed by atoms with E-state index in [2.05, 4.69) is 16.6 Å². The summed E-state index contributed by atoms with van der Waals surface area (Å²) in [6.45, 7) is 0.786. The number of hydrogen-bond donors (Lipinski definition) is 1. The smallest absolute Gasteiger partial charge is 0.129 e. The van der Waals surface area contributed by atoms with E-state index in [1.165, 1.54) is 0 Å². The van der Waals surface area contributed by atoms with Gasteiger partial charge < -0.3 is 10.2 Å². The summed E-state index contributed by atoms with van der Waals surface area (Å²) in [5.74, 6) is 0.717. The maximum atomic E-state index is 8.96. The highest BCUT2D eigenvalue weighted by Crippen LogP contribution is 2.28. The molecule has 4 aromatic rings. The van der Waals surface area contributed by atoms with Crippen molar-refractivity contribution in [3.63, 3.8) is 0 Å². The molecule has 158 valence electrons. The van der Waals surface area contributed by atoms with Crippen molar-refractivity contribution in [1.29, 1.82) is 5.26 Å². The topological polar surface area (TPSA) is 57.4 Å². The Labute approximate surface area is 196 Å². The lowest BCUT2D eigenvalue weighted by Gasteiger charge is -2.12. The average Bonchev–Trinajstić information content (AvgIpc) is 2.82. The summed E-state index contributed by atoms with van der Waals surface area (Å²) in [4.78, 5) is 0. The third kappa shape index (κ3) is 5.03. The zero-order valence-corrected chi connectivity index (χ0v) is 18.6. The number of ether oxygens (including phenoxy) is 1. The van der Waals surface area contributed by atoms with Gasteiger partial charge in [-0.25, -0.2) is 0 Å².